The summed E-state index contributed by atoms with van der Waals surface area (Å²) in [5.41, 5.74) is 7.38. The molecule has 17 heavy (non-hydrogen) atoms. The third kappa shape index (κ3) is 2.86. The number of carbonyl (C=O) groups excluding carboxylic acids is 1. The first-order chi connectivity index (χ1) is 8.20. The number of hydrogen-bond acceptors (Lipinski definition) is 3. The third-order valence-electron chi connectivity index (χ3n) is 3.60. The SMILES string of the molecule is COc1ccc(C(N)C2CCC(=O)CC2)cc1. The molecule has 1 fully saturated rings. The maximum atomic E-state index is 11.2. The van der Waals surface area contributed by atoms with E-state index < -0.39 is 0 Å². The zero-order valence-electron chi connectivity index (χ0n) is 10.2. The Labute approximate surface area is 102 Å². The summed E-state index contributed by atoms with van der Waals surface area (Å²) in [4.78, 5) is 11.2. The second kappa shape index (κ2) is 5.32. The monoisotopic (exact) mass is 233 g/mol. The molecule has 0 heterocycles. The molecular formula is C14H19NO2. The highest BCUT2D eigenvalue weighted by atomic mass is 16.5. The molecule has 1 aliphatic rings. The van der Waals surface area contributed by atoms with Crippen molar-refractivity contribution in [1.29, 1.82) is 0 Å². The Morgan fingerprint density at radius 2 is 1.82 bits per heavy atom. The van der Waals surface area contributed by atoms with Crippen molar-refractivity contribution in [2.24, 2.45) is 11.7 Å². The van der Waals surface area contributed by atoms with Crippen LogP contribution in [0.25, 0.3) is 0 Å². The molecule has 3 heteroatoms. The van der Waals surface area contributed by atoms with Crippen molar-refractivity contribution in [3.05, 3.63) is 29.8 Å². The van der Waals surface area contributed by atoms with Crippen LogP contribution in [0, 0.1) is 5.92 Å². The summed E-state index contributed by atoms with van der Waals surface area (Å²) in [6.45, 7) is 0. The minimum atomic E-state index is 0.0361. The first-order valence-corrected chi connectivity index (χ1v) is 6.12. The Kier molecular flexibility index (Phi) is 3.79. The first-order valence-electron chi connectivity index (χ1n) is 6.12. The van der Waals surface area contributed by atoms with Gasteiger partial charge in [-0.3, -0.25) is 4.79 Å². The fourth-order valence-electron chi connectivity index (χ4n) is 2.42. The third-order valence-corrected chi connectivity index (χ3v) is 3.60. The van der Waals surface area contributed by atoms with Crippen molar-refractivity contribution in [3.8, 4) is 5.75 Å². The molecule has 1 aromatic rings. The van der Waals surface area contributed by atoms with Gasteiger partial charge in [0.05, 0.1) is 7.11 Å². The Morgan fingerprint density at radius 1 is 1.24 bits per heavy atom. The summed E-state index contributed by atoms with van der Waals surface area (Å²) in [5.74, 6) is 1.66. The molecule has 0 radical (unpaired) electrons. The van der Waals surface area contributed by atoms with E-state index in [1.807, 2.05) is 24.3 Å². The maximum absolute atomic E-state index is 11.2. The van der Waals surface area contributed by atoms with Gasteiger partial charge < -0.3 is 10.5 Å². The van der Waals surface area contributed by atoms with E-state index in [0.29, 0.717) is 24.5 Å². The van der Waals surface area contributed by atoms with Gasteiger partial charge in [-0.25, -0.2) is 0 Å². The van der Waals surface area contributed by atoms with Crippen LogP contribution in [0.15, 0.2) is 24.3 Å². The molecule has 2 rings (SSSR count). The summed E-state index contributed by atoms with van der Waals surface area (Å²) in [5, 5.41) is 0. The largest absolute Gasteiger partial charge is 0.497 e. The van der Waals surface area contributed by atoms with Gasteiger partial charge in [0.1, 0.15) is 11.5 Å². The highest BCUT2D eigenvalue weighted by Gasteiger charge is 2.24. The van der Waals surface area contributed by atoms with E-state index in [4.69, 9.17) is 10.5 Å². The number of Topliss-reactive ketones (excluding diaryl/α,β-unsaturated/α-hetero) is 1. The normalized spacial score (nSPS) is 19.1. The van der Waals surface area contributed by atoms with Crippen molar-refractivity contribution in [3.63, 3.8) is 0 Å². The van der Waals surface area contributed by atoms with Crippen LogP contribution in [0.1, 0.15) is 37.3 Å². The van der Waals surface area contributed by atoms with Gasteiger partial charge in [0.2, 0.25) is 0 Å². The minimum Gasteiger partial charge on any atom is -0.497 e. The first kappa shape index (κ1) is 12.1. The Morgan fingerprint density at radius 3 is 2.35 bits per heavy atom. The van der Waals surface area contributed by atoms with Crippen LogP contribution in [0.3, 0.4) is 0 Å². The highest BCUT2D eigenvalue weighted by molar-refractivity contribution is 5.79. The lowest BCUT2D eigenvalue weighted by Crippen LogP contribution is -2.26. The minimum absolute atomic E-state index is 0.0361. The van der Waals surface area contributed by atoms with E-state index >= 15 is 0 Å². The van der Waals surface area contributed by atoms with Gasteiger partial charge >= 0.3 is 0 Å². The molecule has 1 saturated carbocycles. The van der Waals surface area contributed by atoms with E-state index in [0.717, 1.165) is 24.2 Å². The molecule has 1 aromatic carbocycles. The fourth-order valence-corrected chi connectivity index (χ4v) is 2.42. The van der Waals surface area contributed by atoms with Gasteiger partial charge in [0.15, 0.2) is 0 Å². The van der Waals surface area contributed by atoms with Gasteiger partial charge in [-0.1, -0.05) is 12.1 Å². The molecule has 1 unspecified atom stereocenters. The number of ketones is 1. The van der Waals surface area contributed by atoms with Crippen molar-refractivity contribution < 1.29 is 9.53 Å². The summed E-state index contributed by atoms with van der Waals surface area (Å²) in [7, 11) is 1.65. The maximum Gasteiger partial charge on any atom is 0.132 e. The predicted octanol–water partition coefficient (Wildman–Crippen LogP) is 2.45. The smallest absolute Gasteiger partial charge is 0.132 e. The molecule has 1 aliphatic carbocycles. The number of methoxy groups -OCH3 is 1. The van der Waals surface area contributed by atoms with Crippen LogP contribution in [0.4, 0.5) is 0 Å². The summed E-state index contributed by atoms with van der Waals surface area (Å²) in [6, 6.07) is 7.93. The predicted molar refractivity (Wildman–Crippen MR) is 66.9 cm³/mol. The summed E-state index contributed by atoms with van der Waals surface area (Å²) >= 11 is 0. The number of nitrogens with two attached hydrogens (primary N) is 1. The van der Waals surface area contributed by atoms with Gasteiger partial charge in [0, 0.05) is 18.9 Å². The van der Waals surface area contributed by atoms with Crippen molar-refractivity contribution in [1.82, 2.24) is 0 Å². The lowest BCUT2D eigenvalue weighted by Gasteiger charge is -2.27. The molecule has 3 nitrogen and oxygen atoms in total. The average molecular weight is 233 g/mol. The molecule has 0 bridgehead atoms. The van der Waals surface area contributed by atoms with Gasteiger partial charge in [-0.05, 0) is 36.5 Å². The van der Waals surface area contributed by atoms with E-state index in [-0.39, 0.29) is 6.04 Å². The molecular weight excluding hydrogens is 214 g/mol. The molecule has 0 aliphatic heterocycles. The molecule has 1 atom stereocenters. The van der Waals surface area contributed by atoms with E-state index in [9.17, 15) is 4.79 Å². The van der Waals surface area contributed by atoms with Crippen LogP contribution in [0.2, 0.25) is 0 Å². The average Bonchev–Trinajstić information content (AvgIpc) is 2.39. The Hall–Kier alpha value is -1.35. The van der Waals surface area contributed by atoms with Crippen molar-refractivity contribution in [2.45, 2.75) is 31.7 Å². The summed E-state index contributed by atoms with van der Waals surface area (Å²) < 4.78 is 5.12. The molecule has 0 spiro atoms. The van der Waals surface area contributed by atoms with E-state index in [2.05, 4.69) is 0 Å². The molecule has 0 amide bonds. The molecule has 0 aromatic heterocycles. The topological polar surface area (TPSA) is 52.3 Å². The lowest BCUT2D eigenvalue weighted by molar-refractivity contribution is -0.121. The van der Waals surface area contributed by atoms with Crippen LogP contribution in [0.5, 0.6) is 5.75 Å². The second-order valence-corrected chi connectivity index (χ2v) is 4.68. The van der Waals surface area contributed by atoms with E-state index in [1.165, 1.54) is 0 Å². The van der Waals surface area contributed by atoms with Crippen LogP contribution < -0.4 is 10.5 Å². The van der Waals surface area contributed by atoms with Crippen LogP contribution in [-0.2, 0) is 4.79 Å². The Balaban J connectivity index is 2.03. The molecule has 92 valence electrons. The number of carbonyl (C=O) groups is 1. The van der Waals surface area contributed by atoms with Gasteiger partial charge in [0.25, 0.3) is 0 Å². The Bertz CT molecular complexity index is 376. The zero-order chi connectivity index (χ0) is 12.3. The van der Waals surface area contributed by atoms with Gasteiger partial charge in [-0.2, -0.15) is 0 Å². The molecule has 0 saturated heterocycles. The fraction of sp³-hybridized carbons (Fsp3) is 0.500. The molecule has 2 N–H and O–H groups in total. The lowest BCUT2D eigenvalue weighted by atomic mass is 9.81. The van der Waals surface area contributed by atoms with Gasteiger partial charge in [-0.15, -0.1) is 0 Å². The van der Waals surface area contributed by atoms with E-state index in [1.54, 1.807) is 7.11 Å². The van der Waals surface area contributed by atoms with Crippen molar-refractivity contribution in [2.75, 3.05) is 7.11 Å². The second-order valence-electron chi connectivity index (χ2n) is 4.68. The standard InChI is InChI=1S/C14H19NO2/c1-17-13-8-4-11(5-9-13)14(15)10-2-6-12(16)7-3-10/h4-5,8-10,14H,2-3,6-7,15H2,1H3. The zero-order valence-corrected chi connectivity index (χ0v) is 10.2. The number of rotatable bonds is 3. The van der Waals surface area contributed by atoms with Crippen LogP contribution in [-0.4, -0.2) is 12.9 Å². The highest BCUT2D eigenvalue weighted by Crippen LogP contribution is 2.32. The number of benzene rings is 1. The number of hydrogen-bond donors (Lipinski definition) is 1. The summed E-state index contributed by atoms with van der Waals surface area (Å²) in [6.07, 6.45) is 3.22. The quantitative estimate of drug-likeness (QED) is 0.872. The van der Waals surface area contributed by atoms with Crippen LogP contribution >= 0.6 is 0 Å². The van der Waals surface area contributed by atoms with Crippen molar-refractivity contribution >= 4 is 5.78 Å². The number of ether oxygens (including phenoxy) is 1.